The Morgan fingerprint density at radius 1 is 1.44 bits per heavy atom. The van der Waals surface area contributed by atoms with E-state index in [0.29, 0.717) is 17.5 Å². The molecule has 0 bridgehead atoms. The zero-order valence-corrected chi connectivity index (χ0v) is 11.8. The van der Waals surface area contributed by atoms with Crippen LogP contribution >= 0.6 is 11.6 Å². The Labute approximate surface area is 113 Å². The van der Waals surface area contributed by atoms with Crippen molar-refractivity contribution in [2.24, 2.45) is 0 Å². The van der Waals surface area contributed by atoms with Gasteiger partial charge < -0.3 is 0 Å². The number of hydrogen-bond donors (Lipinski definition) is 0. The SMILES string of the molecule is CCCC(Cl)CCc1ncc(C)c([N+](=O)[O-])c1C. The van der Waals surface area contributed by atoms with E-state index >= 15 is 0 Å². The van der Waals surface area contributed by atoms with Crippen molar-refractivity contribution in [2.75, 3.05) is 0 Å². The molecule has 0 radical (unpaired) electrons. The third kappa shape index (κ3) is 3.67. The van der Waals surface area contributed by atoms with Gasteiger partial charge in [0.2, 0.25) is 0 Å². The molecule has 1 aromatic rings. The van der Waals surface area contributed by atoms with E-state index in [9.17, 15) is 10.1 Å². The zero-order chi connectivity index (χ0) is 13.7. The Bertz CT molecular complexity index is 435. The van der Waals surface area contributed by atoms with Crippen LogP contribution in [0.3, 0.4) is 0 Å². The Kier molecular flexibility index (Phi) is 5.54. The number of nitro groups is 1. The van der Waals surface area contributed by atoms with E-state index in [2.05, 4.69) is 11.9 Å². The van der Waals surface area contributed by atoms with Crippen molar-refractivity contribution in [3.8, 4) is 0 Å². The highest BCUT2D eigenvalue weighted by Gasteiger charge is 2.18. The second-order valence-corrected chi connectivity index (χ2v) is 5.16. The van der Waals surface area contributed by atoms with Crippen LogP contribution in [0.25, 0.3) is 0 Å². The highest BCUT2D eigenvalue weighted by molar-refractivity contribution is 6.20. The van der Waals surface area contributed by atoms with Crippen LogP contribution in [0, 0.1) is 24.0 Å². The monoisotopic (exact) mass is 270 g/mol. The van der Waals surface area contributed by atoms with E-state index in [1.807, 2.05) is 0 Å². The summed E-state index contributed by atoms with van der Waals surface area (Å²) in [4.78, 5) is 14.9. The van der Waals surface area contributed by atoms with E-state index in [4.69, 9.17) is 11.6 Å². The third-order valence-electron chi connectivity index (χ3n) is 3.05. The van der Waals surface area contributed by atoms with Gasteiger partial charge in [0.05, 0.1) is 10.6 Å². The molecule has 18 heavy (non-hydrogen) atoms. The van der Waals surface area contributed by atoms with Gasteiger partial charge in [-0.1, -0.05) is 13.3 Å². The highest BCUT2D eigenvalue weighted by atomic mass is 35.5. The zero-order valence-electron chi connectivity index (χ0n) is 11.1. The van der Waals surface area contributed by atoms with Gasteiger partial charge in [-0.3, -0.25) is 15.1 Å². The van der Waals surface area contributed by atoms with Crippen LogP contribution in [0.1, 0.15) is 43.0 Å². The summed E-state index contributed by atoms with van der Waals surface area (Å²) >= 11 is 6.16. The van der Waals surface area contributed by atoms with Gasteiger partial charge in [-0.05, 0) is 33.1 Å². The molecule has 0 aliphatic heterocycles. The van der Waals surface area contributed by atoms with Gasteiger partial charge in [-0.15, -0.1) is 11.6 Å². The molecule has 1 heterocycles. The van der Waals surface area contributed by atoms with Crippen molar-refractivity contribution < 1.29 is 4.92 Å². The summed E-state index contributed by atoms with van der Waals surface area (Å²) in [5.74, 6) is 0. The standard InChI is InChI=1S/C13H19ClN2O2/c1-4-5-11(14)6-7-12-10(3)13(16(17)18)9(2)8-15-12/h8,11H,4-7H2,1-3H3. The lowest BCUT2D eigenvalue weighted by Gasteiger charge is -2.10. The molecule has 0 spiro atoms. The molecule has 0 amide bonds. The molecule has 0 saturated carbocycles. The summed E-state index contributed by atoms with van der Waals surface area (Å²) < 4.78 is 0. The van der Waals surface area contributed by atoms with E-state index in [-0.39, 0.29) is 16.0 Å². The molecular formula is C13H19ClN2O2. The average molecular weight is 271 g/mol. The number of aromatic nitrogens is 1. The molecule has 1 aromatic heterocycles. The molecule has 1 rings (SSSR count). The second kappa shape index (κ2) is 6.69. The summed E-state index contributed by atoms with van der Waals surface area (Å²) in [6.45, 7) is 5.56. The Hall–Kier alpha value is -1.16. The first kappa shape index (κ1) is 14.9. The van der Waals surface area contributed by atoms with Gasteiger partial charge >= 0.3 is 0 Å². The molecule has 100 valence electrons. The molecule has 0 saturated heterocycles. The molecule has 0 fully saturated rings. The quantitative estimate of drug-likeness (QED) is 0.447. The van der Waals surface area contributed by atoms with Crippen molar-refractivity contribution in [3.05, 3.63) is 33.1 Å². The fourth-order valence-electron chi connectivity index (χ4n) is 2.05. The normalized spacial score (nSPS) is 12.4. The Morgan fingerprint density at radius 3 is 2.67 bits per heavy atom. The van der Waals surface area contributed by atoms with Gasteiger partial charge in [0.25, 0.3) is 5.69 Å². The molecule has 1 atom stereocenters. The minimum Gasteiger partial charge on any atom is -0.260 e. The minimum atomic E-state index is -0.333. The molecule has 4 nitrogen and oxygen atoms in total. The Balaban J connectivity index is 2.85. The fraction of sp³-hybridized carbons (Fsp3) is 0.615. The van der Waals surface area contributed by atoms with Gasteiger partial charge in [0, 0.05) is 22.7 Å². The lowest BCUT2D eigenvalue weighted by Crippen LogP contribution is -2.06. The minimum absolute atomic E-state index is 0.122. The number of aryl methyl sites for hydroxylation is 2. The van der Waals surface area contributed by atoms with Crippen molar-refractivity contribution in [3.63, 3.8) is 0 Å². The van der Waals surface area contributed by atoms with E-state index in [1.54, 1.807) is 20.0 Å². The summed E-state index contributed by atoms with van der Waals surface area (Å²) in [7, 11) is 0. The Morgan fingerprint density at radius 2 is 2.11 bits per heavy atom. The highest BCUT2D eigenvalue weighted by Crippen LogP contribution is 2.25. The van der Waals surface area contributed by atoms with Crippen molar-refractivity contribution >= 4 is 17.3 Å². The lowest BCUT2D eigenvalue weighted by molar-refractivity contribution is -0.386. The number of alkyl halides is 1. The van der Waals surface area contributed by atoms with Crippen LogP contribution in [0.4, 0.5) is 5.69 Å². The largest absolute Gasteiger partial charge is 0.278 e. The predicted molar refractivity (Wildman–Crippen MR) is 73.2 cm³/mol. The summed E-state index contributed by atoms with van der Waals surface area (Å²) in [5, 5.41) is 11.1. The first-order chi connectivity index (χ1) is 8.47. The van der Waals surface area contributed by atoms with Crippen LogP contribution in [-0.2, 0) is 6.42 Å². The number of rotatable bonds is 6. The molecule has 0 aliphatic carbocycles. The van der Waals surface area contributed by atoms with Crippen LogP contribution in [0.2, 0.25) is 0 Å². The molecule has 0 aliphatic rings. The van der Waals surface area contributed by atoms with Crippen molar-refractivity contribution in [1.29, 1.82) is 0 Å². The van der Waals surface area contributed by atoms with Crippen LogP contribution in [-0.4, -0.2) is 15.3 Å². The van der Waals surface area contributed by atoms with Gasteiger partial charge in [-0.25, -0.2) is 0 Å². The second-order valence-electron chi connectivity index (χ2n) is 4.54. The van der Waals surface area contributed by atoms with Gasteiger partial charge in [0.1, 0.15) is 0 Å². The first-order valence-corrected chi connectivity index (χ1v) is 6.64. The lowest BCUT2D eigenvalue weighted by atomic mass is 10.0. The van der Waals surface area contributed by atoms with Gasteiger partial charge in [-0.2, -0.15) is 0 Å². The summed E-state index contributed by atoms with van der Waals surface area (Å²) in [6, 6.07) is 0. The average Bonchev–Trinajstić information content (AvgIpc) is 2.28. The molecular weight excluding hydrogens is 252 g/mol. The topological polar surface area (TPSA) is 56.0 Å². The van der Waals surface area contributed by atoms with E-state index < -0.39 is 0 Å². The third-order valence-corrected chi connectivity index (χ3v) is 3.49. The summed E-state index contributed by atoms with van der Waals surface area (Å²) in [5.41, 5.74) is 2.24. The van der Waals surface area contributed by atoms with Gasteiger partial charge in [0.15, 0.2) is 0 Å². The van der Waals surface area contributed by atoms with E-state index in [1.165, 1.54) is 0 Å². The maximum Gasteiger partial charge on any atom is 0.278 e. The molecule has 0 N–H and O–H groups in total. The number of pyridine rings is 1. The van der Waals surface area contributed by atoms with Crippen LogP contribution < -0.4 is 0 Å². The fourth-order valence-corrected chi connectivity index (χ4v) is 2.38. The maximum absolute atomic E-state index is 11.0. The molecule has 5 heteroatoms. The number of hydrogen-bond acceptors (Lipinski definition) is 3. The predicted octanol–water partition coefficient (Wildman–Crippen LogP) is 3.95. The molecule has 0 aromatic carbocycles. The first-order valence-electron chi connectivity index (χ1n) is 6.20. The summed E-state index contributed by atoms with van der Waals surface area (Å²) in [6.07, 6.45) is 5.09. The number of halogens is 1. The van der Waals surface area contributed by atoms with Crippen LogP contribution in [0.15, 0.2) is 6.20 Å². The smallest absolute Gasteiger partial charge is 0.260 e. The van der Waals surface area contributed by atoms with Crippen LogP contribution in [0.5, 0.6) is 0 Å². The number of nitrogens with zero attached hydrogens (tertiary/aromatic N) is 2. The van der Waals surface area contributed by atoms with Crippen molar-refractivity contribution in [1.82, 2.24) is 4.98 Å². The van der Waals surface area contributed by atoms with E-state index in [0.717, 1.165) is 25.0 Å². The van der Waals surface area contributed by atoms with Crippen molar-refractivity contribution in [2.45, 2.75) is 51.8 Å². The molecule has 1 unspecified atom stereocenters. The maximum atomic E-state index is 11.0.